The molecule has 20 heavy (non-hydrogen) atoms. The molecule has 0 fully saturated rings. The molecule has 0 aliphatic heterocycles. The van der Waals surface area contributed by atoms with Gasteiger partial charge in [-0.15, -0.1) is 0 Å². The van der Waals surface area contributed by atoms with Crippen LogP contribution < -0.4 is 10.6 Å². The first-order valence-electron chi connectivity index (χ1n) is 6.83. The maximum atomic E-state index is 5.28. The van der Waals surface area contributed by atoms with Gasteiger partial charge in [-0.1, -0.05) is 0 Å². The number of hydrogen-bond donors (Lipinski definition) is 2. The summed E-state index contributed by atoms with van der Waals surface area (Å²) in [5.41, 5.74) is 0. The van der Waals surface area contributed by atoms with Crippen LogP contribution in [-0.2, 0) is 13.0 Å². The largest absolute Gasteiger partial charge is 0.469 e. The molecule has 2 aromatic rings. The molecule has 0 amide bonds. The Morgan fingerprint density at radius 1 is 1.35 bits per heavy atom. The average Bonchev–Trinajstić information content (AvgIpc) is 3.14. The van der Waals surface area contributed by atoms with Crippen LogP contribution in [0.15, 0.2) is 46.3 Å². The van der Waals surface area contributed by atoms with Crippen LogP contribution in [-0.4, -0.2) is 35.9 Å². The minimum absolute atomic E-state index is 0.798. The standard InChI is InChI=1S/C14H21N5O/c1-15-14(17-9-6-13-5-2-12-20-13)16-7-3-10-19-11-4-8-18-19/h2,4-5,8,11-12H,3,6-7,9-10H2,1H3,(H2,15,16,17). The van der Waals surface area contributed by atoms with Crippen LogP contribution >= 0.6 is 0 Å². The molecule has 108 valence electrons. The molecule has 0 spiro atoms. The zero-order valence-electron chi connectivity index (χ0n) is 11.7. The van der Waals surface area contributed by atoms with Gasteiger partial charge in [-0.05, 0) is 24.6 Å². The average molecular weight is 275 g/mol. The Morgan fingerprint density at radius 2 is 2.25 bits per heavy atom. The minimum Gasteiger partial charge on any atom is -0.469 e. The van der Waals surface area contributed by atoms with Crippen LogP contribution in [0.3, 0.4) is 0 Å². The Balaban J connectivity index is 1.58. The molecular weight excluding hydrogens is 254 g/mol. The third kappa shape index (κ3) is 4.79. The molecule has 6 heteroatoms. The minimum atomic E-state index is 0.798. The molecule has 2 rings (SSSR count). The van der Waals surface area contributed by atoms with Gasteiger partial charge in [-0.3, -0.25) is 9.67 Å². The van der Waals surface area contributed by atoms with Gasteiger partial charge in [0.2, 0.25) is 0 Å². The van der Waals surface area contributed by atoms with Crippen molar-refractivity contribution in [1.29, 1.82) is 0 Å². The number of aromatic nitrogens is 2. The summed E-state index contributed by atoms with van der Waals surface area (Å²) in [5, 5.41) is 10.7. The van der Waals surface area contributed by atoms with Gasteiger partial charge in [0, 0.05) is 45.5 Å². The first kappa shape index (κ1) is 14.2. The first-order chi connectivity index (χ1) is 9.88. The fourth-order valence-electron chi connectivity index (χ4n) is 1.86. The Morgan fingerprint density at radius 3 is 2.95 bits per heavy atom. The Labute approximate surface area is 118 Å². The molecule has 0 aromatic carbocycles. The molecule has 0 atom stereocenters. The van der Waals surface area contributed by atoms with Crippen LogP contribution in [0.2, 0.25) is 0 Å². The highest BCUT2D eigenvalue weighted by Gasteiger charge is 1.99. The predicted molar refractivity (Wildman–Crippen MR) is 78.6 cm³/mol. The van der Waals surface area contributed by atoms with Crippen LogP contribution in [0.1, 0.15) is 12.2 Å². The number of aryl methyl sites for hydroxylation is 1. The lowest BCUT2D eigenvalue weighted by Crippen LogP contribution is -2.38. The maximum absolute atomic E-state index is 5.28. The van der Waals surface area contributed by atoms with Gasteiger partial charge in [-0.2, -0.15) is 5.10 Å². The van der Waals surface area contributed by atoms with E-state index < -0.39 is 0 Å². The fraction of sp³-hybridized carbons (Fsp3) is 0.429. The van der Waals surface area contributed by atoms with Crippen molar-refractivity contribution in [3.8, 4) is 0 Å². The van der Waals surface area contributed by atoms with E-state index in [-0.39, 0.29) is 0 Å². The third-order valence-electron chi connectivity index (χ3n) is 2.88. The number of nitrogens with one attached hydrogen (secondary N) is 2. The van der Waals surface area contributed by atoms with E-state index >= 15 is 0 Å². The SMILES string of the molecule is CN=C(NCCCn1cccn1)NCCc1ccco1. The molecule has 0 unspecified atom stereocenters. The quantitative estimate of drug-likeness (QED) is 0.454. The normalized spacial score (nSPS) is 11.6. The molecular formula is C14H21N5O. The van der Waals surface area contributed by atoms with Crippen molar-refractivity contribution in [2.24, 2.45) is 4.99 Å². The van der Waals surface area contributed by atoms with Crippen LogP contribution in [0.5, 0.6) is 0 Å². The van der Waals surface area contributed by atoms with Crippen molar-refractivity contribution >= 4 is 5.96 Å². The number of hydrogen-bond acceptors (Lipinski definition) is 3. The number of nitrogens with zero attached hydrogens (tertiary/aromatic N) is 3. The fourth-order valence-corrected chi connectivity index (χ4v) is 1.86. The summed E-state index contributed by atoms with van der Waals surface area (Å²) in [6.07, 6.45) is 7.30. The van der Waals surface area contributed by atoms with Crippen LogP contribution in [0.4, 0.5) is 0 Å². The zero-order chi connectivity index (χ0) is 14.0. The molecule has 0 aliphatic carbocycles. The predicted octanol–water partition coefficient (Wildman–Crippen LogP) is 1.27. The number of furan rings is 1. The van der Waals surface area contributed by atoms with Gasteiger partial charge in [0.25, 0.3) is 0 Å². The summed E-state index contributed by atoms with van der Waals surface area (Å²) in [5.74, 6) is 1.80. The molecule has 0 radical (unpaired) electrons. The third-order valence-corrected chi connectivity index (χ3v) is 2.88. The monoisotopic (exact) mass is 275 g/mol. The molecule has 0 saturated heterocycles. The summed E-state index contributed by atoms with van der Waals surface area (Å²) in [4.78, 5) is 4.18. The molecule has 2 heterocycles. The van der Waals surface area contributed by atoms with Crippen LogP contribution in [0, 0.1) is 0 Å². The smallest absolute Gasteiger partial charge is 0.190 e. The lowest BCUT2D eigenvalue weighted by atomic mass is 10.3. The zero-order valence-corrected chi connectivity index (χ0v) is 11.7. The van der Waals surface area contributed by atoms with Crippen molar-refractivity contribution < 1.29 is 4.42 Å². The highest BCUT2D eigenvalue weighted by molar-refractivity contribution is 5.79. The summed E-state index contributed by atoms with van der Waals surface area (Å²) in [6, 6.07) is 5.81. The van der Waals surface area contributed by atoms with Gasteiger partial charge in [0.1, 0.15) is 5.76 Å². The van der Waals surface area contributed by atoms with E-state index in [1.165, 1.54) is 0 Å². The molecule has 2 N–H and O–H groups in total. The van der Waals surface area contributed by atoms with Crippen LogP contribution in [0.25, 0.3) is 0 Å². The lowest BCUT2D eigenvalue weighted by Gasteiger charge is -2.11. The lowest BCUT2D eigenvalue weighted by molar-refractivity contribution is 0.506. The van der Waals surface area contributed by atoms with Crippen molar-refractivity contribution in [1.82, 2.24) is 20.4 Å². The van der Waals surface area contributed by atoms with E-state index in [0.29, 0.717) is 0 Å². The van der Waals surface area contributed by atoms with E-state index in [4.69, 9.17) is 4.42 Å². The summed E-state index contributed by atoms with van der Waals surface area (Å²) < 4.78 is 7.20. The molecule has 0 aliphatic rings. The topological polar surface area (TPSA) is 67.4 Å². The molecule has 0 saturated carbocycles. The van der Waals surface area contributed by atoms with Crippen molar-refractivity contribution in [2.45, 2.75) is 19.4 Å². The number of guanidine groups is 1. The van der Waals surface area contributed by atoms with Gasteiger partial charge >= 0.3 is 0 Å². The Bertz CT molecular complexity index is 490. The van der Waals surface area contributed by atoms with Gasteiger partial charge < -0.3 is 15.1 Å². The van der Waals surface area contributed by atoms with E-state index in [2.05, 4.69) is 20.7 Å². The van der Waals surface area contributed by atoms with Crippen molar-refractivity contribution in [2.75, 3.05) is 20.1 Å². The Hall–Kier alpha value is -2.24. The van der Waals surface area contributed by atoms with Crippen molar-refractivity contribution in [3.05, 3.63) is 42.6 Å². The van der Waals surface area contributed by atoms with E-state index in [1.807, 2.05) is 29.1 Å². The maximum Gasteiger partial charge on any atom is 0.190 e. The second-order valence-corrected chi connectivity index (χ2v) is 4.38. The summed E-state index contributed by atoms with van der Waals surface area (Å²) in [7, 11) is 1.77. The highest BCUT2D eigenvalue weighted by atomic mass is 16.3. The molecule has 6 nitrogen and oxygen atoms in total. The van der Waals surface area contributed by atoms with Crippen molar-refractivity contribution in [3.63, 3.8) is 0 Å². The molecule has 0 bridgehead atoms. The summed E-state index contributed by atoms with van der Waals surface area (Å²) >= 11 is 0. The van der Waals surface area contributed by atoms with E-state index in [0.717, 1.165) is 44.2 Å². The van der Waals surface area contributed by atoms with E-state index in [1.54, 1.807) is 19.5 Å². The Kier molecular flexibility index (Phi) is 5.70. The second-order valence-electron chi connectivity index (χ2n) is 4.38. The van der Waals surface area contributed by atoms with Gasteiger partial charge in [0.05, 0.1) is 6.26 Å². The number of rotatable bonds is 7. The second kappa shape index (κ2) is 8.04. The number of aliphatic imine (C=N–C) groups is 1. The van der Waals surface area contributed by atoms with Gasteiger partial charge in [0.15, 0.2) is 5.96 Å². The highest BCUT2D eigenvalue weighted by Crippen LogP contribution is 1.99. The van der Waals surface area contributed by atoms with E-state index in [9.17, 15) is 0 Å². The van der Waals surface area contributed by atoms with Gasteiger partial charge in [-0.25, -0.2) is 0 Å². The first-order valence-corrected chi connectivity index (χ1v) is 6.83. The molecule has 2 aromatic heterocycles. The summed E-state index contributed by atoms with van der Waals surface area (Å²) in [6.45, 7) is 2.57.